The van der Waals surface area contributed by atoms with Gasteiger partial charge < -0.3 is 0 Å². The molecule has 1 nitrogen and oxygen atoms in total. The molecule has 0 saturated heterocycles. The van der Waals surface area contributed by atoms with Gasteiger partial charge in [-0.1, -0.05) is 18.2 Å². The van der Waals surface area contributed by atoms with Crippen molar-refractivity contribution in [2.75, 3.05) is 0 Å². The van der Waals surface area contributed by atoms with Crippen LogP contribution in [0.2, 0.25) is 0 Å². The first-order valence-corrected chi connectivity index (χ1v) is 5.07. The normalized spacial score (nSPS) is 17.0. The zero-order valence-corrected chi connectivity index (χ0v) is 7.47. The number of rotatable bonds is 1. The summed E-state index contributed by atoms with van der Waals surface area (Å²) in [4.78, 5) is 0. The van der Waals surface area contributed by atoms with Crippen LogP contribution in [0.4, 0.5) is 0 Å². The van der Waals surface area contributed by atoms with Crippen LogP contribution in [-0.4, -0.2) is 4.37 Å². The first-order chi connectivity index (χ1) is 5.95. The Kier molecular flexibility index (Phi) is 1.27. The van der Waals surface area contributed by atoms with E-state index in [2.05, 4.69) is 28.6 Å². The van der Waals surface area contributed by atoms with Crippen LogP contribution in [0.3, 0.4) is 0 Å². The molecule has 2 heteroatoms. The highest BCUT2D eigenvalue weighted by molar-refractivity contribution is 7.13. The number of aromatic nitrogens is 1. The monoisotopic (exact) mass is 175 g/mol. The molecule has 0 amide bonds. The number of hydrogen-bond donors (Lipinski definition) is 0. The van der Waals surface area contributed by atoms with Crippen molar-refractivity contribution in [3.8, 4) is 0 Å². The second-order valence-corrected chi connectivity index (χ2v) is 4.14. The molecule has 0 spiro atoms. The van der Waals surface area contributed by atoms with E-state index in [4.69, 9.17) is 0 Å². The molecule has 0 aliphatic heterocycles. The third-order valence-corrected chi connectivity index (χ3v) is 3.21. The third kappa shape index (κ3) is 0.879. The quantitative estimate of drug-likeness (QED) is 0.648. The van der Waals surface area contributed by atoms with Crippen molar-refractivity contribution in [2.45, 2.75) is 18.8 Å². The highest BCUT2D eigenvalue weighted by Crippen LogP contribution is 2.43. The molecule has 0 radical (unpaired) electrons. The van der Waals surface area contributed by atoms with Crippen LogP contribution in [0, 0.1) is 0 Å². The van der Waals surface area contributed by atoms with Gasteiger partial charge in [0.05, 0.1) is 10.4 Å². The van der Waals surface area contributed by atoms with Gasteiger partial charge in [0.1, 0.15) is 0 Å². The van der Waals surface area contributed by atoms with E-state index in [9.17, 15) is 0 Å². The SMILES string of the molecule is c1ccc2c(C3CC3)nsc2c1. The lowest BCUT2D eigenvalue weighted by atomic mass is 10.2. The summed E-state index contributed by atoms with van der Waals surface area (Å²) in [6, 6.07) is 8.52. The van der Waals surface area contributed by atoms with E-state index in [0.29, 0.717) is 0 Å². The van der Waals surface area contributed by atoms with Crippen molar-refractivity contribution < 1.29 is 0 Å². The molecule has 1 aliphatic rings. The maximum absolute atomic E-state index is 4.50. The van der Waals surface area contributed by atoms with Gasteiger partial charge in [-0.25, -0.2) is 0 Å². The van der Waals surface area contributed by atoms with E-state index >= 15 is 0 Å². The van der Waals surface area contributed by atoms with Crippen molar-refractivity contribution in [2.24, 2.45) is 0 Å². The minimum absolute atomic E-state index is 0.779. The minimum Gasteiger partial charge on any atom is -0.196 e. The number of hydrogen-bond acceptors (Lipinski definition) is 2. The summed E-state index contributed by atoms with van der Waals surface area (Å²) in [5, 5.41) is 1.38. The average Bonchev–Trinajstić information content (AvgIpc) is 2.86. The first-order valence-electron chi connectivity index (χ1n) is 4.29. The first kappa shape index (κ1) is 6.61. The highest BCUT2D eigenvalue weighted by atomic mass is 32.1. The molecular weight excluding hydrogens is 166 g/mol. The molecule has 3 rings (SSSR count). The van der Waals surface area contributed by atoms with E-state index in [0.717, 1.165) is 5.92 Å². The van der Waals surface area contributed by atoms with Gasteiger partial charge in [-0.15, -0.1) is 0 Å². The fourth-order valence-electron chi connectivity index (χ4n) is 1.56. The molecule has 1 aromatic carbocycles. The molecule has 0 atom stereocenters. The summed E-state index contributed by atoms with van der Waals surface area (Å²) in [5.74, 6) is 0.779. The molecule has 1 aromatic heterocycles. The van der Waals surface area contributed by atoms with Gasteiger partial charge in [-0.3, -0.25) is 0 Å². The summed E-state index contributed by atoms with van der Waals surface area (Å²) >= 11 is 1.63. The Morgan fingerprint density at radius 3 is 2.92 bits per heavy atom. The largest absolute Gasteiger partial charge is 0.196 e. The summed E-state index contributed by atoms with van der Waals surface area (Å²) in [6.45, 7) is 0. The topological polar surface area (TPSA) is 12.9 Å². The number of nitrogens with zero attached hydrogens (tertiary/aromatic N) is 1. The summed E-state index contributed by atoms with van der Waals surface area (Å²) in [7, 11) is 0. The third-order valence-electron chi connectivity index (χ3n) is 2.37. The highest BCUT2D eigenvalue weighted by Gasteiger charge is 2.27. The van der Waals surface area contributed by atoms with Crippen LogP contribution in [-0.2, 0) is 0 Å². The molecular formula is C10H9NS. The lowest BCUT2D eigenvalue weighted by molar-refractivity contribution is 1.09. The molecule has 1 fully saturated rings. The lowest BCUT2D eigenvalue weighted by Crippen LogP contribution is -1.76. The van der Waals surface area contributed by atoms with Crippen molar-refractivity contribution in [1.82, 2.24) is 4.37 Å². The predicted molar refractivity (Wildman–Crippen MR) is 51.6 cm³/mol. The molecule has 1 saturated carbocycles. The second-order valence-electron chi connectivity index (χ2n) is 3.34. The van der Waals surface area contributed by atoms with Gasteiger partial charge in [0.15, 0.2) is 0 Å². The molecule has 12 heavy (non-hydrogen) atoms. The van der Waals surface area contributed by atoms with Crippen molar-refractivity contribution >= 4 is 21.6 Å². The van der Waals surface area contributed by atoms with E-state index in [1.165, 1.54) is 28.6 Å². The molecule has 1 heterocycles. The number of benzene rings is 1. The van der Waals surface area contributed by atoms with Gasteiger partial charge in [0.2, 0.25) is 0 Å². The smallest absolute Gasteiger partial charge is 0.0651 e. The van der Waals surface area contributed by atoms with E-state index in [1.54, 1.807) is 11.5 Å². The average molecular weight is 175 g/mol. The lowest BCUT2D eigenvalue weighted by Gasteiger charge is -1.90. The number of fused-ring (bicyclic) bond motifs is 1. The molecule has 60 valence electrons. The fourth-order valence-corrected chi connectivity index (χ4v) is 2.41. The van der Waals surface area contributed by atoms with E-state index in [-0.39, 0.29) is 0 Å². The van der Waals surface area contributed by atoms with E-state index < -0.39 is 0 Å². The van der Waals surface area contributed by atoms with Gasteiger partial charge in [-0.2, -0.15) is 4.37 Å². The zero-order valence-electron chi connectivity index (χ0n) is 6.66. The van der Waals surface area contributed by atoms with Gasteiger partial charge in [-0.05, 0) is 30.4 Å². The molecule has 0 unspecified atom stereocenters. The Hall–Kier alpha value is -0.890. The summed E-state index contributed by atoms with van der Waals surface area (Å²) < 4.78 is 5.83. The molecule has 2 aromatic rings. The second kappa shape index (κ2) is 2.30. The minimum atomic E-state index is 0.779. The predicted octanol–water partition coefficient (Wildman–Crippen LogP) is 3.17. The maximum atomic E-state index is 4.50. The van der Waals surface area contributed by atoms with Crippen LogP contribution >= 0.6 is 11.5 Å². The van der Waals surface area contributed by atoms with Crippen LogP contribution in [0.5, 0.6) is 0 Å². The molecule has 1 aliphatic carbocycles. The van der Waals surface area contributed by atoms with E-state index in [1.807, 2.05) is 0 Å². The van der Waals surface area contributed by atoms with Crippen molar-refractivity contribution in [1.29, 1.82) is 0 Å². The Bertz CT molecular complexity index is 414. The van der Waals surface area contributed by atoms with Gasteiger partial charge >= 0.3 is 0 Å². The summed E-state index contributed by atoms with van der Waals surface area (Å²) in [6.07, 6.45) is 2.68. The Balaban J connectivity index is 2.30. The van der Waals surface area contributed by atoms with Gasteiger partial charge in [0, 0.05) is 11.3 Å². The Morgan fingerprint density at radius 2 is 2.08 bits per heavy atom. The Morgan fingerprint density at radius 1 is 1.25 bits per heavy atom. The molecule has 0 bridgehead atoms. The van der Waals surface area contributed by atoms with Crippen LogP contribution in [0.25, 0.3) is 10.1 Å². The summed E-state index contributed by atoms with van der Waals surface area (Å²) in [5.41, 5.74) is 1.34. The zero-order chi connectivity index (χ0) is 7.97. The van der Waals surface area contributed by atoms with Crippen LogP contribution < -0.4 is 0 Å². The van der Waals surface area contributed by atoms with Crippen LogP contribution in [0.15, 0.2) is 24.3 Å². The molecule has 0 N–H and O–H groups in total. The standard InChI is InChI=1S/C10H9NS/c1-2-4-9-8(3-1)10(11-12-9)7-5-6-7/h1-4,7H,5-6H2. The van der Waals surface area contributed by atoms with Crippen LogP contribution in [0.1, 0.15) is 24.5 Å². The van der Waals surface area contributed by atoms with Crippen molar-refractivity contribution in [3.63, 3.8) is 0 Å². The van der Waals surface area contributed by atoms with Crippen molar-refractivity contribution in [3.05, 3.63) is 30.0 Å². The van der Waals surface area contributed by atoms with Gasteiger partial charge in [0.25, 0.3) is 0 Å². The fraction of sp³-hybridized carbons (Fsp3) is 0.300. The maximum Gasteiger partial charge on any atom is 0.0651 e. The Labute approximate surface area is 75.2 Å².